The monoisotopic (exact) mass is 297 g/mol. The number of carbonyl (C=O) groups is 1. The lowest BCUT2D eigenvalue weighted by molar-refractivity contribution is 0.195. The molecule has 0 aliphatic rings. The summed E-state index contributed by atoms with van der Waals surface area (Å²) >= 11 is 0. The van der Waals surface area contributed by atoms with Crippen molar-refractivity contribution in [2.24, 2.45) is 0 Å². The van der Waals surface area contributed by atoms with E-state index in [9.17, 15) is 4.79 Å². The number of pyridine rings is 1. The van der Waals surface area contributed by atoms with Crippen LogP contribution < -0.4 is 5.32 Å². The Morgan fingerprint density at radius 3 is 2.23 bits per heavy atom. The minimum absolute atomic E-state index is 0.249. The first-order valence-electron chi connectivity index (χ1n) is 6.82. The molecule has 2 amide bonds. The molecule has 6 nitrogen and oxygen atoms in total. The van der Waals surface area contributed by atoms with Crippen LogP contribution in [-0.4, -0.2) is 15.9 Å². The van der Waals surface area contributed by atoms with Crippen molar-refractivity contribution in [1.82, 2.24) is 9.88 Å². The summed E-state index contributed by atoms with van der Waals surface area (Å²) < 4.78 is 10.6. The highest BCUT2D eigenvalue weighted by atomic mass is 16.3. The first-order chi connectivity index (χ1) is 10.8. The number of amides is 2. The molecule has 0 saturated carbocycles. The molecule has 0 radical (unpaired) electrons. The maximum absolute atomic E-state index is 12.5. The maximum atomic E-state index is 12.5. The van der Waals surface area contributed by atoms with Gasteiger partial charge in [-0.25, -0.2) is 4.79 Å². The van der Waals surface area contributed by atoms with Crippen molar-refractivity contribution in [1.29, 1.82) is 0 Å². The maximum Gasteiger partial charge on any atom is 0.322 e. The molecule has 0 fully saturated rings. The number of urea groups is 1. The molecule has 0 aromatic carbocycles. The summed E-state index contributed by atoms with van der Waals surface area (Å²) in [6.07, 6.45) is 6.41. The summed E-state index contributed by atoms with van der Waals surface area (Å²) in [4.78, 5) is 18.0. The number of furan rings is 2. The lowest BCUT2D eigenvalue weighted by atomic mass is 10.3. The Labute approximate surface area is 127 Å². The Hall–Kier alpha value is -3.02. The Morgan fingerprint density at radius 2 is 1.73 bits per heavy atom. The average molecular weight is 297 g/mol. The van der Waals surface area contributed by atoms with Gasteiger partial charge in [0.1, 0.15) is 11.5 Å². The van der Waals surface area contributed by atoms with Crippen LogP contribution in [0.4, 0.5) is 10.5 Å². The molecular formula is C16H15N3O3. The molecule has 0 unspecified atom stereocenters. The van der Waals surface area contributed by atoms with Gasteiger partial charge in [-0.2, -0.15) is 0 Å². The molecule has 112 valence electrons. The summed E-state index contributed by atoms with van der Waals surface area (Å²) in [7, 11) is 0. The molecule has 6 heteroatoms. The van der Waals surface area contributed by atoms with E-state index in [0.29, 0.717) is 30.3 Å². The van der Waals surface area contributed by atoms with E-state index in [1.165, 1.54) is 0 Å². The molecule has 1 N–H and O–H groups in total. The normalized spacial score (nSPS) is 10.4. The van der Waals surface area contributed by atoms with Crippen molar-refractivity contribution >= 4 is 11.7 Å². The summed E-state index contributed by atoms with van der Waals surface area (Å²) in [6, 6.07) is 10.5. The molecule has 22 heavy (non-hydrogen) atoms. The van der Waals surface area contributed by atoms with E-state index < -0.39 is 0 Å². The smallest absolute Gasteiger partial charge is 0.322 e. The third kappa shape index (κ3) is 3.54. The summed E-state index contributed by atoms with van der Waals surface area (Å²) in [5.41, 5.74) is 0.636. The number of aromatic nitrogens is 1. The van der Waals surface area contributed by atoms with Crippen LogP contribution in [0.15, 0.2) is 70.2 Å². The van der Waals surface area contributed by atoms with Crippen molar-refractivity contribution in [2.75, 3.05) is 5.32 Å². The molecule has 3 heterocycles. The minimum atomic E-state index is -0.249. The van der Waals surface area contributed by atoms with Crippen molar-refractivity contribution < 1.29 is 13.6 Å². The molecule has 0 atom stereocenters. The molecule has 0 saturated heterocycles. The Kier molecular flexibility index (Phi) is 4.20. The number of carbonyl (C=O) groups excluding carboxylic acids is 1. The molecule has 0 spiro atoms. The predicted molar refractivity (Wildman–Crippen MR) is 79.9 cm³/mol. The fraction of sp³-hybridized carbons (Fsp3) is 0.125. The van der Waals surface area contributed by atoms with Crippen LogP contribution in [0.5, 0.6) is 0 Å². The molecule has 3 aromatic rings. The molecular weight excluding hydrogens is 282 g/mol. The first-order valence-corrected chi connectivity index (χ1v) is 6.82. The van der Waals surface area contributed by atoms with Gasteiger partial charge in [0, 0.05) is 6.20 Å². The second kappa shape index (κ2) is 6.62. The van der Waals surface area contributed by atoms with Crippen molar-refractivity contribution in [3.05, 3.63) is 72.8 Å². The van der Waals surface area contributed by atoms with Crippen LogP contribution in [0.1, 0.15) is 11.5 Å². The number of hydrogen-bond donors (Lipinski definition) is 1. The van der Waals surface area contributed by atoms with Gasteiger partial charge in [-0.1, -0.05) is 0 Å². The van der Waals surface area contributed by atoms with E-state index in [1.54, 1.807) is 54.1 Å². The quantitative estimate of drug-likeness (QED) is 0.782. The van der Waals surface area contributed by atoms with E-state index >= 15 is 0 Å². The standard InChI is InChI=1S/C16H15N3O3/c20-16(18-13-4-1-7-17-10-13)19(11-14-5-2-8-21-14)12-15-6-3-9-22-15/h1-10H,11-12H2,(H,18,20). The SMILES string of the molecule is O=C(Nc1cccnc1)N(Cc1ccco1)Cc1ccco1. The van der Waals surface area contributed by atoms with E-state index in [2.05, 4.69) is 10.3 Å². The van der Waals surface area contributed by atoms with Gasteiger partial charge in [-0.3, -0.25) is 4.98 Å². The highest BCUT2D eigenvalue weighted by Crippen LogP contribution is 2.13. The molecule has 0 aliphatic carbocycles. The number of nitrogens with one attached hydrogen (secondary N) is 1. The van der Waals surface area contributed by atoms with E-state index in [-0.39, 0.29) is 6.03 Å². The van der Waals surface area contributed by atoms with E-state index in [0.717, 1.165) is 0 Å². The van der Waals surface area contributed by atoms with Crippen LogP contribution in [0.2, 0.25) is 0 Å². The number of rotatable bonds is 5. The number of hydrogen-bond acceptors (Lipinski definition) is 4. The fourth-order valence-electron chi connectivity index (χ4n) is 2.02. The van der Waals surface area contributed by atoms with Crippen LogP contribution >= 0.6 is 0 Å². The molecule has 0 bridgehead atoms. The average Bonchev–Trinajstić information content (AvgIpc) is 3.21. The lowest BCUT2D eigenvalue weighted by Crippen LogP contribution is -2.33. The van der Waals surface area contributed by atoms with Gasteiger partial charge < -0.3 is 19.1 Å². The van der Waals surface area contributed by atoms with Gasteiger partial charge in [0.05, 0.1) is 37.5 Å². The summed E-state index contributed by atoms with van der Waals surface area (Å²) in [5.74, 6) is 1.40. The van der Waals surface area contributed by atoms with Gasteiger partial charge in [0.25, 0.3) is 0 Å². The second-order valence-electron chi connectivity index (χ2n) is 4.69. The van der Waals surface area contributed by atoms with Crippen molar-refractivity contribution in [2.45, 2.75) is 13.1 Å². The van der Waals surface area contributed by atoms with Gasteiger partial charge in [0.2, 0.25) is 0 Å². The topological polar surface area (TPSA) is 71.5 Å². The summed E-state index contributed by atoms with van der Waals surface area (Å²) in [5, 5.41) is 2.81. The van der Waals surface area contributed by atoms with E-state index in [1.807, 2.05) is 12.1 Å². The zero-order chi connectivity index (χ0) is 15.2. The number of anilines is 1. The van der Waals surface area contributed by atoms with Crippen LogP contribution in [-0.2, 0) is 13.1 Å². The Morgan fingerprint density at radius 1 is 1.05 bits per heavy atom. The first kappa shape index (κ1) is 13.9. The van der Waals surface area contributed by atoms with Gasteiger partial charge in [-0.05, 0) is 36.4 Å². The zero-order valence-corrected chi connectivity index (χ0v) is 11.8. The third-order valence-corrected chi connectivity index (χ3v) is 3.05. The fourth-order valence-corrected chi connectivity index (χ4v) is 2.02. The van der Waals surface area contributed by atoms with E-state index in [4.69, 9.17) is 8.83 Å². The molecule has 0 aliphatic heterocycles. The highest BCUT2D eigenvalue weighted by molar-refractivity contribution is 5.88. The van der Waals surface area contributed by atoms with Gasteiger partial charge >= 0.3 is 6.03 Å². The lowest BCUT2D eigenvalue weighted by Gasteiger charge is -2.21. The van der Waals surface area contributed by atoms with Crippen LogP contribution in [0.3, 0.4) is 0 Å². The Balaban J connectivity index is 1.73. The molecule has 3 rings (SSSR count). The predicted octanol–water partition coefficient (Wildman–Crippen LogP) is 3.50. The summed E-state index contributed by atoms with van der Waals surface area (Å²) in [6.45, 7) is 0.694. The van der Waals surface area contributed by atoms with Gasteiger partial charge in [0.15, 0.2) is 0 Å². The van der Waals surface area contributed by atoms with Crippen LogP contribution in [0, 0.1) is 0 Å². The Bertz CT molecular complexity index is 657. The van der Waals surface area contributed by atoms with Crippen molar-refractivity contribution in [3.63, 3.8) is 0 Å². The minimum Gasteiger partial charge on any atom is -0.467 e. The second-order valence-corrected chi connectivity index (χ2v) is 4.69. The molecule has 3 aromatic heterocycles. The van der Waals surface area contributed by atoms with Gasteiger partial charge in [-0.15, -0.1) is 0 Å². The van der Waals surface area contributed by atoms with Crippen LogP contribution in [0.25, 0.3) is 0 Å². The third-order valence-electron chi connectivity index (χ3n) is 3.05. The number of nitrogens with zero attached hydrogens (tertiary/aromatic N) is 2. The highest BCUT2D eigenvalue weighted by Gasteiger charge is 2.17. The largest absolute Gasteiger partial charge is 0.467 e. The van der Waals surface area contributed by atoms with Crippen molar-refractivity contribution in [3.8, 4) is 0 Å². The zero-order valence-electron chi connectivity index (χ0n) is 11.8.